The first-order valence-electron chi connectivity index (χ1n) is 8.49. The monoisotopic (exact) mass is 317 g/mol. The Labute approximate surface area is 130 Å². The van der Waals surface area contributed by atoms with Gasteiger partial charge in [-0.15, -0.1) is 0 Å². The number of rotatable bonds is 5. The average Bonchev–Trinajstić information content (AvgIpc) is 2.75. The predicted octanol–water partition coefficient (Wildman–Crippen LogP) is 1.82. The summed E-state index contributed by atoms with van der Waals surface area (Å²) in [6.45, 7) is 8.08. The minimum absolute atomic E-state index is 0.0353. The lowest BCUT2D eigenvalue weighted by atomic mass is 9.98. The molecule has 6 heteroatoms. The Morgan fingerprint density at radius 2 is 1.67 bits per heavy atom. The molecule has 0 spiro atoms. The zero-order chi connectivity index (χ0) is 15.3. The van der Waals surface area contributed by atoms with Crippen LogP contribution in [0.2, 0.25) is 0 Å². The molecule has 0 aromatic carbocycles. The van der Waals surface area contributed by atoms with Gasteiger partial charge in [0.1, 0.15) is 0 Å². The number of hydrogen-bond acceptors (Lipinski definition) is 3. The molecule has 0 saturated carbocycles. The highest BCUT2D eigenvalue weighted by atomic mass is 32.2. The van der Waals surface area contributed by atoms with Crippen molar-refractivity contribution in [1.82, 2.24) is 13.9 Å². The van der Waals surface area contributed by atoms with Gasteiger partial charge in [-0.3, -0.25) is 0 Å². The van der Waals surface area contributed by atoms with Crippen molar-refractivity contribution in [3.63, 3.8) is 0 Å². The molecule has 0 unspecified atom stereocenters. The fraction of sp³-hybridized carbons (Fsp3) is 1.00. The maximum Gasteiger partial charge on any atom is 0.282 e. The van der Waals surface area contributed by atoms with E-state index in [1.54, 1.807) is 8.61 Å². The summed E-state index contributed by atoms with van der Waals surface area (Å²) in [5.41, 5.74) is 0. The molecule has 21 heavy (non-hydrogen) atoms. The molecule has 2 fully saturated rings. The molecule has 0 aromatic heterocycles. The summed E-state index contributed by atoms with van der Waals surface area (Å²) in [6.07, 6.45) is 6.47. The normalized spacial score (nSPS) is 23.6. The van der Waals surface area contributed by atoms with Crippen LogP contribution in [0, 0.1) is 5.92 Å². The average molecular weight is 317 g/mol. The van der Waals surface area contributed by atoms with Crippen molar-refractivity contribution in [3.8, 4) is 0 Å². The molecule has 1 N–H and O–H groups in total. The topological polar surface area (TPSA) is 52.7 Å². The third-order valence-electron chi connectivity index (χ3n) is 4.66. The van der Waals surface area contributed by atoms with Crippen LogP contribution in [-0.2, 0) is 10.2 Å². The number of nitrogens with zero attached hydrogens (tertiary/aromatic N) is 2. The molecule has 0 atom stereocenters. The molecular weight excluding hydrogens is 286 g/mol. The maximum absolute atomic E-state index is 13.0. The van der Waals surface area contributed by atoms with E-state index < -0.39 is 10.2 Å². The molecule has 2 saturated heterocycles. The lowest BCUT2D eigenvalue weighted by molar-refractivity contribution is 0.242. The maximum atomic E-state index is 13.0. The Bertz CT molecular complexity index is 397. The second-order valence-corrected chi connectivity index (χ2v) is 8.56. The molecule has 0 amide bonds. The molecule has 2 heterocycles. The van der Waals surface area contributed by atoms with E-state index in [4.69, 9.17) is 0 Å². The van der Waals surface area contributed by atoms with Gasteiger partial charge in [0.15, 0.2) is 0 Å². The van der Waals surface area contributed by atoms with Crippen molar-refractivity contribution in [2.45, 2.75) is 58.4 Å². The first-order valence-corrected chi connectivity index (χ1v) is 9.89. The van der Waals surface area contributed by atoms with Crippen LogP contribution in [0.5, 0.6) is 0 Å². The second kappa shape index (κ2) is 7.90. The van der Waals surface area contributed by atoms with Crippen LogP contribution in [0.15, 0.2) is 0 Å². The SMILES string of the molecule is CC(C)N(CC1CCNCC1)S(=O)(=O)N1CCCCCC1. The van der Waals surface area contributed by atoms with Gasteiger partial charge in [-0.1, -0.05) is 12.8 Å². The van der Waals surface area contributed by atoms with Crippen LogP contribution in [0.4, 0.5) is 0 Å². The molecule has 2 aliphatic heterocycles. The Balaban J connectivity index is 2.07. The van der Waals surface area contributed by atoms with Crippen molar-refractivity contribution < 1.29 is 8.42 Å². The van der Waals surface area contributed by atoms with Gasteiger partial charge in [-0.25, -0.2) is 0 Å². The fourth-order valence-corrected chi connectivity index (χ4v) is 5.26. The summed E-state index contributed by atoms with van der Waals surface area (Å²) in [6, 6.07) is 0.0353. The lowest BCUT2D eigenvalue weighted by Gasteiger charge is -2.35. The van der Waals surface area contributed by atoms with E-state index in [2.05, 4.69) is 5.32 Å². The van der Waals surface area contributed by atoms with Crippen molar-refractivity contribution in [2.24, 2.45) is 5.92 Å². The molecule has 5 nitrogen and oxygen atoms in total. The van der Waals surface area contributed by atoms with E-state index in [9.17, 15) is 8.42 Å². The van der Waals surface area contributed by atoms with Crippen molar-refractivity contribution in [1.29, 1.82) is 0 Å². The van der Waals surface area contributed by atoms with Gasteiger partial charge in [0.05, 0.1) is 0 Å². The molecule has 0 aromatic rings. The highest BCUT2D eigenvalue weighted by Gasteiger charge is 2.33. The zero-order valence-electron chi connectivity index (χ0n) is 13.6. The van der Waals surface area contributed by atoms with Crippen LogP contribution < -0.4 is 5.32 Å². The van der Waals surface area contributed by atoms with Crippen LogP contribution >= 0.6 is 0 Å². The number of nitrogens with one attached hydrogen (secondary N) is 1. The quantitative estimate of drug-likeness (QED) is 0.841. The molecular formula is C15H31N3O2S. The predicted molar refractivity (Wildman–Crippen MR) is 86.4 cm³/mol. The van der Waals surface area contributed by atoms with Crippen molar-refractivity contribution >= 4 is 10.2 Å². The zero-order valence-corrected chi connectivity index (χ0v) is 14.4. The van der Waals surface area contributed by atoms with E-state index in [-0.39, 0.29) is 6.04 Å². The highest BCUT2D eigenvalue weighted by molar-refractivity contribution is 7.86. The van der Waals surface area contributed by atoms with Crippen molar-refractivity contribution in [3.05, 3.63) is 0 Å². The van der Waals surface area contributed by atoms with E-state index in [0.717, 1.165) is 51.6 Å². The molecule has 0 bridgehead atoms. The van der Waals surface area contributed by atoms with Crippen LogP contribution in [0.3, 0.4) is 0 Å². The minimum Gasteiger partial charge on any atom is -0.317 e. The second-order valence-electron chi connectivity index (χ2n) is 6.68. The van der Waals surface area contributed by atoms with E-state index in [1.165, 1.54) is 0 Å². The Morgan fingerprint density at radius 3 is 2.19 bits per heavy atom. The smallest absolute Gasteiger partial charge is 0.282 e. The summed E-state index contributed by atoms with van der Waals surface area (Å²) < 4.78 is 29.4. The first kappa shape index (κ1) is 17.2. The van der Waals surface area contributed by atoms with Gasteiger partial charge in [0.25, 0.3) is 10.2 Å². The van der Waals surface area contributed by atoms with Crippen LogP contribution in [0.1, 0.15) is 52.4 Å². The standard InChI is InChI=1S/C15H31N3O2S/c1-14(2)18(13-15-7-9-16-10-8-15)21(19,20)17-11-5-3-4-6-12-17/h14-16H,3-13H2,1-2H3. The van der Waals surface area contributed by atoms with Gasteiger partial charge < -0.3 is 5.32 Å². The molecule has 124 valence electrons. The van der Waals surface area contributed by atoms with Gasteiger partial charge in [0, 0.05) is 25.7 Å². The summed E-state index contributed by atoms with van der Waals surface area (Å²) in [5, 5.41) is 3.35. The fourth-order valence-electron chi connectivity index (χ4n) is 3.31. The Hall–Kier alpha value is -0.170. The van der Waals surface area contributed by atoms with Gasteiger partial charge in [0.2, 0.25) is 0 Å². The van der Waals surface area contributed by atoms with Crippen LogP contribution in [-0.4, -0.2) is 55.8 Å². The third-order valence-corrected chi connectivity index (χ3v) is 6.84. The van der Waals surface area contributed by atoms with Crippen molar-refractivity contribution in [2.75, 3.05) is 32.7 Å². The third kappa shape index (κ3) is 4.65. The highest BCUT2D eigenvalue weighted by Crippen LogP contribution is 2.22. The Kier molecular flexibility index (Phi) is 6.47. The first-order chi connectivity index (χ1) is 10.0. The van der Waals surface area contributed by atoms with Gasteiger partial charge >= 0.3 is 0 Å². The van der Waals surface area contributed by atoms with E-state index in [1.807, 2.05) is 13.8 Å². The lowest BCUT2D eigenvalue weighted by Crippen LogP contribution is -2.49. The van der Waals surface area contributed by atoms with Crippen LogP contribution in [0.25, 0.3) is 0 Å². The molecule has 0 radical (unpaired) electrons. The van der Waals surface area contributed by atoms with E-state index in [0.29, 0.717) is 25.6 Å². The Morgan fingerprint density at radius 1 is 1.10 bits per heavy atom. The summed E-state index contributed by atoms with van der Waals surface area (Å²) in [4.78, 5) is 0. The van der Waals surface area contributed by atoms with Gasteiger partial charge in [-0.05, 0) is 58.5 Å². The molecule has 2 rings (SSSR count). The minimum atomic E-state index is -3.30. The summed E-state index contributed by atoms with van der Waals surface area (Å²) in [5.74, 6) is 0.496. The largest absolute Gasteiger partial charge is 0.317 e. The number of hydrogen-bond donors (Lipinski definition) is 1. The van der Waals surface area contributed by atoms with E-state index >= 15 is 0 Å². The summed E-state index contributed by atoms with van der Waals surface area (Å²) >= 11 is 0. The van der Waals surface area contributed by atoms with Gasteiger partial charge in [-0.2, -0.15) is 17.0 Å². The number of piperidine rings is 1. The molecule has 0 aliphatic carbocycles. The summed E-state index contributed by atoms with van der Waals surface area (Å²) in [7, 11) is -3.30. The molecule has 2 aliphatic rings.